The maximum Gasteiger partial charge on any atom is 2.00 e. The van der Waals surface area contributed by atoms with Gasteiger partial charge in [0.1, 0.15) is 0 Å². The number of hydrogen-bond acceptors (Lipinski definition) is 1. The second-order valence-corrected chi connectivity index (χ2v) is 1.54. The molecule has 0 rings (SSSR count). The number of hydrogen-bond donors (Lipinski definition) is 3. The van der Waals surface area contributed by atoms with Gasteiger partial charge in [0, 0.05) is 0 Å². The molecule has 0 radical (unpaired) electrons. The molecule has 0 aromatic heterocycles. The van der Waals surface area contributed by atoms with Gasteiger partial charge in [-0.25, -0.2) is 4.57 Å². The van der Waals surface area contributed by atoms with Gasteiger partial charge in [0.25, 0.3) is 0 Å². The van der Waals surface area contributed by atoms with Crippen LogP contribution in [0.5, 0.6) is 0 Å². The molecule has 0 fully saturated rings. The number of rotatable bonds is 0. The molecule has 0 saturated heterocycles. The van der Waals surface area contributed by atoms with Gasteiger partial charge in [-0.2, -0.15) is 0 Å². The first kappa shape index (κ1) is 15.7. The predicted molar refractivity (Wildman–Crippen MR) is 32.2 cm³/mol. The molecule has 0 aliphatic heterocycles. The smallest absolute Gasteiger partial charge is 1.00 e. The third-order valence-corrected chi connectivity index (χ3v) is 0. The molecule has 0 amide bonds. The fraction of sp³-hybridized carbons (Fsp3) is 0. The van der Waals surface area contributed by atoms with Crippen molar-refractivity contribution in [2.45, 2.75) is 0 Å². The summed E-state index contributed by atoms with van der Waals surface area (Å²) in [6, 6.07) is 0. The van der Waals surface area contributed by atoms with Crippen LogP contribution in [0.25, 0.3) is 0 Å². The van der Waals surface area contributed by atoms with Crippen molar-refractivity contribution in [1.29, 1.82) is 0 Å². The predicted octanol–water partition coefficient (Wildman–Crippen LogP) is -2.27. The maximum atomic E-state index is 8.88. The first-order valence-corrected chi connectivity index (χ1v) is 2.35. The summed E-state index contributed by atoms with van der Waals surface area (Å²) < 4.78 is 8.88. The van der Waals surface area contributed by atoms with E-state index in [0.29, 0.717) is 0 Å². The van der Waals surface area contributed by atoms with Crippen LogP contribution in [0.3, 0.4) is 0 Å². The van der Waals surface area contributed by atoms with Crippen LogP contribution < -0.4 is 0 Å². The van der Waals surface area contributed by atoms with Crippen LogP contribution in [0.15, 0.2) is 0 Å². The van der Waals surface area contributed by atoms with E-state index < -0.39 is 7.82 Å². The Labute approximate surface area is 58.1 Å². The standard InChI is InChI=1S/Al.Be.H3O4P.5H/c;;1-5(2,3)4;;;;;/h;;(H3,1,2,3,4);;;;;/q;+2;;;;;2*-1. The van der Waals surface area contributed by atoms with Crippen LogP contribution >= 0.6 is 7.82 Å². The molecule has 0 spiro atoms. The van der Waals surface area contributed by atoms with Crippen molar-refractivity contribution < 1.29 is 22.1 Å². The Bertz CT molecular complexity index is 64.7. The molecule has 42 valence electrons. The van der Waals surface area contributed by atoms with Crippen LogP contribution in [-0.2, 0) is 4.57 Å². The molecule has 3 N–H and O–H groups in total. The second kappa shape index (κ2) is 4.96. The van der Waals surface area contributed by atoms with Crippen molar-refractivity contribution >= 4 is 35.3 Å². The molecule has 0 aliphatic carbocycles. The Morgan fingerprint density at radius 3 is 1.29 bits per heavy atom. The first-order valence-electron chi connectivity index (χ1n) is 0.783. The maximum absolute atomic E-state index is 8.88. The molecule has 4 nitrogen and oxygen atoms in total. The van der Waals surface area contributed by atoms with Gasteiger partial charge in [0.2, 0.25) is 0 Å². The zero-order chi connectivity index (χ0) is 4.50. The Morgan fingerprint density at radius 2 is 1.29 bits per heavy atom. The fourth-order valence-electron chi connectivity index (χ4n) is 0. The van der Waals surface area contributed by atoms with Gasteiger partial charge in [-0.15, -0.1) is 0 Å². The molecule has 7 heavy (non-hydrogen) atoms. The molecule has 0 aromatic carbocycles. The van der Waals surface area contributed by atoms with Gasteiger partial charge >= 0.3 is 17.9 Å². The molecule has 0 saturated carbocycles. The molecule has 0 atom stereocenters. The minimum atomic E-state index is -4.64. The van der Waals surface area contributed by atoms with Gasteiger partial charge in [-0.1, -0.05) is 0 Å². The summed E-state index contributed by atoms with van der Waals surface area (Å²) in [5, 5.41) is 0. The second-order valence-electron chi connectivity index (χ2n) is 0.513. The Morgan fingerprint density at radius 1 is 1.29 bits per heavy atom. The van der Waals surface area contributed by atoms with Crippen molar-refractivity contribution in [3.63, 3.8) is 0 Å². The van der Waals surface area contributed by atoms with E-state index in [4.69, 9.17) is 19.2 Å². The van der Waals surface area contributed by atoms with Gasteiger partial charge in [-0.05, 0) is 0 Å². The Balaban J connectivity index is -0.0000000133. The molecular weight excluding hydrogens is 131 g/mol. The summed E-state index contributed by atoms with van der Waals surface area (Å²) in [6.45, 7) is 0. The zero-order valence-electron chi connectivity index (χ0n) is 4.90. The van der Waals surface area contributed by atoms with Gasteiger partial charge < -0.3 is 17.5 Å². The molecular formula is H8AlBeO4P. The van der Waals surface area contributed by atoms with Crippen LogP contribution in [-0.4, -0.2) is 42.2 Å². The summed E-state index contributed by atoms with van der Waals surface area (Å²) in [5.41, 5.74) is 0. The van der Waals surface area contributed by atoms with E-state index >= 15 is 0 Å². The Kier molecular flexibility index (Phi) is 11.1. The first-order chi connectivity index (χ1) is 2.00. The SMILES string of the molecule is O=P(O)(O)O.[AlH3].[Be+2].[H-].[H-]. The van der Waals surface area contributed by atoms with Crippen LogP contribution in [0.2, 0.25) is 0 Å². The normalized spacial score (nSPS) is 8.43. The van der Waals surface area contributed by atoms with E-state index in [0.717, 1.165) is 0 Å². The zero-order valence-corrected chi connectivity index (χ0v) is 3.80. The van der Waals surface area contributed by atoms with Crippen LogP contribution in [0, 0.1) is 0 Å². The van der Waals surface area contributed by atoms with E-state index in [9.17, 15) is 0 Å². The van der Waals surface area contributed by atoms with Gasteiger partial charge in [0.15, 0.2) is 17.4 Å². The van der Waals surface area contributed by atoms with Crippen molar-refractivity contribution in [2.24, 2.45) is 0 Å². The van der Waals surface area contributed by atoms with E-state index in [-0.39, 0.29) is 30.3 Å². The molecule has 0 heterocycles. The minimum Gasteiger partial charge on any atom is -1.00 e. The molecule has 0 aliphatic rings. The summed E-state index contributed by atoms with van der Waals surface area (Å²) in [5.74, 6) is 0. The Hall–Kier alpha value is 0.811. The monoisotopic (exact) mass is 139 g/mol. The largest absolute Gasteiger partial charge is 2.00 e. The quantitative estimate of drug-likeness (QED) is 0.261. The summed E-state index contributed by atoms with van der Waals surface area (Å²) in [6.07, 6.45) is 0. The molecule has 7 heteroatoms. The van der Waals surface area contributed by atoms with Crippen molar-refractivity contribution in [3.8, 4) is 0 Å². The topological polar surface area (TPSA) is 77.8 Å². The summed E-state index contributed by atoms with van der Waals surface area (Å²) in [7, 11) is -4.64. The van der Waals surface area contributed by atoms with Crippen molar-refractivity contribution in [1.82, 2.24) is 0 Å². The summed E-state index contributed by atoms with van der Waals surface area (Å²) in [4.78, 5) is 21.6. The van der Waals surface area contributed by atoms with Crippen molar-refractivity contribution in [2.75, 3.05) is 0 Å². The van der Waals surface area contributed by atoms with E-state index in [1.807, 2.05) is 0 Å². The molecule has 0 aromatic rings. The molecule has 0 unspecified atom stereocenters. The molecule has 0 bridgehead atoms. The average molecular weight is 139 g/mol. The van der Waals surface area contributed by atoms with Crippen LogP contribution in [0.4, 0.5) is 0 Å². The summed E-state index contributed by atoms with van der Waals surface area (Å²) >= 11 is 0. The van der Waals surface area contributed by atoms with Crippen molar-refractivity contribution in [3.05, 3.63) is 0 Å². The average Bonchev–Trinajstić information content (AvgIpc) is 0.722. The van der Waals surface area contributed by atoms with Gasteiger partial charge in [0.05, 0.1) is 0 Å². The fourth-order valence-corrected chi connectivity index (χ4v) is 0. The minimum absolute atomic E-state index is 0. The van der Waals surface area contributed by atoms with Gasteiger partial charge in [-0.3, -0.25) is 0 Å². The number of phosphoric acid groups is 1. The van der Waals surface area contributed by atoms with Crippen LogP contribution in [0.1, 0.15) is 2.85 Å². The van der Waals surface area contributed by atoms with E-state index in [1.54, 1.807) is 0 Å². The van der Waals surface area contributed by atoms with E-state index in [2.05, 4.69) is 0 Å². The third kappa shape index (κ3) is 240. The van der Waals surface area contributed by atoms with E-state index in [1.165, 1.54) is 0 Å². The third-order valence-electron chi connectivity index (χ3n) is 0.